The van der Waals surface area contributed by atoms with Gasteiger partial charge < -0.3 is 9.80 Å². The van der Waals surface area contributed by atoms with Crippen molar-refractivity contribution in [3.8, 4) is 0 Å². The molecule has 0 aromatic heterocycles. The van der Waals surface area contributed by atoms with E-state index in [1.807, 2.05) is 11.9 Å². The number of unbranched alkanes of at least 4 members (excludes halogenated alkanes) is 5. The third kappa shape index (κ3) is 5.79. The molecule has 1 aromatic rings. The van der Waals surface area contributed by atoms with Gasteiger partial charge in [-0.2, -0.15) is 0 Å². The zero-order chi connectivity index (χ0) is 24.0. The highest BCUT2D eigenvalue weighted by Crippen LogP contribution is 2.34. The lowest BCUT2D eigenvalue weighted by molar-refractivity contribution is -0.384. The van der Waals surface area contributed by atoms with Gasteiger partial charge in [0.2, 0.25) is 0 Å². The number of benzene rings is 1. The van der Waals surface area contributed by atoms with Crippen LogP contribution in [0.25, 0.3) is 5.57 Å². The summed E-state index contributed by atoms with van der Waals surface area (Å²) in [6.07, 6.45) is 8.29. The molecule has 0 N–H and O–H groups in total. The number of non-ortho nitro benzene ring substituents is 1. The van der Waals surface area contributed by atoms with E-state index in [1.165, 1.54) is 36.3 Å². The number of hydrogen-bond donors (Lipinski definition) is 0. The second-order valence-corrected chi connectivity index (χ2v) is 9.20. The van der Waals surface area contributed by atoms with Crippen LogP contribution in [-0.4, -0.2) is 71.2 Å². The molecule has 1 aromatic carbocycles. The van der Waals surface area contributed by atoms with E-state index in [-0.39, 0.29) is 23.5 Å². The maximum atomic E-state index is 13.5. The Labute approximate surface area is 196 Å². The number of nitro groups is 1. The molecule has 8 nitrogen and oxygen atoms in total. The standard InChI is InChI=1S/C25H36N4O4/c1-4-5-6-7-8-9-16-28-24(30)22(19-10-12-21(13-11-19)29(32)33)23(25(28)31)27(3)20-14-17-26(2)18-15-20/h10-13,20H,4-9,14-18H2,1-3H3. The predicted octanol–water partition coefficient (Wildman–Crippen LogP) is 4.06. The van der Waals surface area contributed by atoms with Gasteiger partial charge in [0.15, 0.2) is 0 Å². The normalized spacial score (nSPS) is 17.8. The number of rotatable bonds is 11. The Balaban J connectivity index is 1.84. The van der Waals surface area contributed by atoms with Gasteiger partial charge >= 0.3 is 0 Å². The molecular weight excluding hydrogens is 420 g/mol. The van der Waals surface area contributed by atoms with E-state index in [4.69, 9.17) is 0 Å². The minimum atomic E-state index is -0.462. The molecule has 0 atom stereocenters. The van der Waals surface area contributed by atoms with E-state index in [0.29, 0.717) is 23.4 Å². The second-order valence-electron chi connectivity index (χ2n) is 9.20. The number of carbonyl (C=O) groups excluding carboxylic acids is 2. The fourth-order valence-corrected chi connectivity index (χ4v) is 4.72. The maximum absolute atomic E-state index is 13.5. The summed E-state index contributed by atoms with van der Waals surface area (Å²) in [4.78, 5) is 43.1. The Hall–Kier alpha value is -2.74. The predicted molar refractivity (Wildman–Crippen MR) is 128 cm³/mol. The van der Waals surface area contributed by atoms with Crippen molar-refractivity contribution in [2.24, 2.45) is 0 Å². The number of likely N-dealkylation sites (N-methyl/N-ethyl adjacent to an activating group) is 1. The van der Waals surface area contributed by atoms with Gasteiger partial charge in [-0.15, -0.1) is 0 Å². The summed E-state index contributed by atoms with van der Waals surface area (Å²) in [6.45, 7) is 4.47. The van der Waals surface area contributed by atoms with Crippen LogP contribution >= 0.6 is 0 Å². The van der Waals surface area contributed by atoms with Crippen LogP contribution in [0.15, 0.2) is 30.0 Å². The van der Waals surface area contributed by atoms with Crippen LogP contribution in [0, 0.1) is 10.1 Å². The van der Waals surface area contributed by atoms with E-state index < -0.39 is 4.92 Å². The lowest BCUT2D eigenvalue weighted by Crippen LogP contribution is -2.43. The topological polar surface area (TPSA) is 87.0 Å². The minimum Gasteiger partial charge on any atom is -0.366 e. The fraction of sp³-hybridized carbons (Fsp3) is 0.600. The summed E-state index contributed by atoms with van der Waals surface area (Å²) >= 11 is 0. The smallest absolute Gasteiger partial charge is 0.277 e. The van der Waals surface area contributed by atoms with Crippen molar-refractivity contribution in [3.05, 3.63) is 45.6 Å². The Morgan fingerprint density at radius 3 is 2.21 bits per heavy atom. The van der Waals surface area contributed by atoms with E-state index in [1.54, 1.807) is 12.1 Å². The van der Waals surface area contributed by atoms with E-state index in [9.17, 15) is 19.7 Å². The van der Waals surface area contributed by atoms with Crippen molar-refractivity contribution >= 4 is 23.1 Å². The summed E-state index contributed by atoms with van der Waals surface area (Å²) < 4.78 is 0. The Bertz CT molecular complexity index is 888. The molecule has 0 unspecified atom stereocenters. The van der Waals surface area contributed by atoms with Crippen LogP contribution in [0.4, 0.5) is 5.69 Å². The molecule has 0 radical (unpaired) electrons. The van der Waals surface area contributed by atoms with Gasteiger partial charge in [0.05, 0.1) is 10.5 Å². The van der Waals surface area contributed by atoms with Gasteiger partial charge in [-0.05, 0) is 57.1 Å². The molecule has 2 aliphatic heterocycles. The first-order chi connectivity index (χ1) is 15.8. The number of likely N-dealkylation sites (tertiary alicyclic amines) is 1. The van der Waals surface area contributed by atoms with Crippen molar-refractivity contribution in [1.29, 1.82) is 0 Å². The molecule has 180 valence electrons. The summed E-state index contributed by atoms with van der Waals surface area (Å²) in [5.41, 5.74) is 1.31. The second kappa shape index (κ2) is 11.4. The van der Waals surface area contributed by atoms with E-state index in [2.05, 4.69) is 18.9 Å². The van der Waals surface area contributed by atoms with Gasteiger partial charge in [-0.3, -0.25) is 24.6 Å². The van der Waals surface area contributed by atoms with Crippen molar-refractivity contribution < 1.29 is 14.5 Å². The number of nitrogens with zero attached hydrogens (tertiary/aromatic N) is 4. The molecular formula is C25H36N4O4. The summed E-state index contributed by atoms with van der Waals surface area (Å²) in [5.74, 6) is -0.541. The van der Waals surface area contributed by atoms with Gasteiger partial charge in [0.1, 0.15) is 5.70 Å². The first kappa shape index (κ1) is 24.9. The minimum absolute atomic E-state index is 0.0368. The van der Waals surface area contributed by atoms with Crippen LogP contribution in [0.2, 0.25) is 0 Å². The number of piperidine rings is 1. The quantitative estimate of drug-likeness (QED) is 0.216. The van der Waals surface area contributed by atoms with Crippen LogP contribution in [0.5, 0.6) is 0 Å². The molecule has 8 heteroatoms. The molecule has 3 rings (SSSR count). The van der Waals surface area contributed by atoms with Gasteiger partial charge in [-0.25, -0.2) is 0 Å². The van der Waals surface area contributed by atoms with Crippen molar-refractivity contribution in [3.63, 3.8) is 0 Å². The third-order valence-electron chi connectivity index (χ3n) is 6.83. The molecule has 0 saturated carbocycles. The average molecular weight is 457 g/mol. The third-order valence-corrected chi connectivity index (χ3v) is 6.83. The van der Waals surface area contributed by atoms with Crippen LogP contribution < -0.4 is 0 Å². The molecule has 33 heavy (non-hydrogen) atoms. The molecule has 0 bridgehead atoms. The fourth-order valence-electron chi connectivity index (χ4n) is 4.72. The van der Waals surface area contributed by atoms with Gasteiger partial charge in [0, 0.05) is 31.8 Å². The van der Waals surface area contributed by atoms with Crippen LogP contribution in [0.3, 0.4) is 0 Å². The number of carbonyl (C=O) groups is 2. The number of hydrogen-bond acceptors (Lipinski definition) is 6. The molecule has 1 saturated heterocycles. The van der Waals surface area contributed by atoms with Crippen LogP contribution in [0.1, 0.15) is 63.9 Å². The van der Waals surface area contributed by atoms with E-state index in [0.717, 1.165) is 45.2 Å². The SMILES string of the molecule is CCCCCCCCN1C(=O)C(c2ccc([N+](=O)[O-])cc2)=C(N(C)C2CCN(C)CC2)C1=O. The lowest BCUT2D eigenvalue weighted by Gasteiger charge is -2.36. The monoisotopic (exact) mass is 456 g/mol. The highest BCUT2D eigenvalue weighted by atomic mass is 16.6. The first-order valence-corrected chi connectivity index (χ1v) is 12.1. The molecule has 2 heterocycles. The summed E-state index contributed by atoms with van der Waals surface area (Å²) in [7, 11) is 3.99. The summed E-state index contributed by atoms with van der Waals surface area (Å²) in [5, 5.41) is 11.1. The average Bonchev–Trinajstić information content (AvgIpc) is 3.06. The molecule has 2 aliphatic rings. The largest absolute Gasteiger partial charge is 0.366 e. The number of amides is 2. The number of nitro benzene ring substituents is 1. The number of imide groups is 1. The molecule has 1 fully saturated rings. The molecule has 0 spiro atoms. The Morgan fingerprint density at radius 2 is 1.61 bits per heavy atom. The van der Waals surface area contributed by atoms with E-state index >= 15 is 0 Å². The zero-order valence-electron chi connectivity index (χ0n) is 20.1. The highest BCUT2D eigenvalue weighted by molar-refractivity contribution is 6.35. The molecule has 2 amide bonds. The molecule has 0 aliphatic carbocycles. The zero-order valence-corrected chi connectivity index (χ0v) is 20.1. The lowest BCUT2D eigenvalue weighted by atomic mass is 10.00. The van der Waals surface area contributed by atoms with Crippen molar-refractivity contribution in [2.45, 2.75) is 64.3 Å². The van der Waals surface area contributed by atoms with Crippen molar-refractivity contribution in [1.82, 2.24) is 14.7 Å². The van der Waals surface area contributed by atoms with Crippen LogP contribution in [-0.2, 0) is 9.59 Å². The highest BCUT2D eigenvalue weighted by Gasteiger charge is 2.42. The first-order valence-electron chi connectivity index (χ1n) is 12.1. The van der Waals surface area contributed by atoms with Crippen molar-refractivity contribution in [2.75, 3.05) is 33.7 Å². The Morgan fingerprint density at radius 1 is 1.00 bits per heavy atom. The maximum Gasteiger partial charge on any atom is 0.277 e. The summed E-state index contributed by atoms with van der Waals surface area (Å²) in [6, 6.07) is 6.12. The Kier molecular flexibility index (Phi) is 8.61. The van der Waals surface area contributed by atoms with Gasteiger partial charge in [0.25, 0.3) is 17.5 Å². The van der Waals surface area contributed by atoms with Gasteiger partial charge in [-0.1, -0.05) is 39.0 Å².